The standard InChI is InChI=1S/C28H33F3N2O2S/c1-19-17-32-26-6-5-20(35-2)14-23(26)22(19)4-3-7-28(18-34)8-10-33(11-9-28)12-13-36-21-15-24(29)27(31)25(30)16-21/h5-6,14-17,34H,3-4,7-13,18H2,1-2H3. The number of aryl methyl sites for hydroxylation is 2. The molecule has 0 aliphatic carbocycles. The lowest BCUT2D eigenvalue weighted by Gasteiger charge is -2.41. The Balaban J connectivity index is 1.29. The molecule has 0 radical (unpaired) electrons. The minimum Gasteiger partial charge on any atom is -0.497 e. The predicted octanol–water partition coefficient (Wildman–Crippen LogP) is 6.16. The predicted molar refractivity (Wildman–Crippen MR) is 138 cm³/mol. The number of halogens is 3. The molecule has 1 fully saturated rings. The van der Waals surface area contributed by atoms with Crippen molar-refractivity contribution in [2.75, 3.05) is 39.1 Å². The van der Waals surface area contributed by atoms with Crippen LogP contribution in [0, 0.1) is 29.8 Å². The van der Waals surface area contributed by atoms with Crippen molar-refractivity contribution in [2.24, 2.45) is 5.41 Å². The van der Waals surface area contributed by atoms with Crippen LogP contribution < -0.4 is 4.74 Å². The van der Waals surface area contributed by atoms with Gasteiger partial charge in [-0.3, -0.25) is 4.98 Å². The fraction of sp³-hybridized carbons (Fsp3) is 0.464. The van der Waals surface area contributed by atoms with Crippen LogP contribution in [-0.2, 0) is 6.42 Å². The molecule has 1 N–H and O–H groups in total. The smallest absolute Gasteiger partial charge is 0.194 e. The van der Waals surface area contributed by atoms with E-state index in [1.165, 1.54) is 22.9 Å². The number of fused-ring (bicyclic) bond motifs is 1. The number of rotatable bonds is 10. The van der Waals surface area contributed by atoms with Crippen LogP contribution in [0.15, 0.2) is 41.4 Å². The molecule has 4 rings (SSSR count). The molecule has 2 heterocycles. The van der Waals surface area contributed by atoms with Crippen molar-refractivity contribution in [2.45, 2.75) is 43.9 Å². The monoisotopic (exact) mass is 518 g/mol. The zero-order chi connectivity index (χ0) is 25.7. The maximum absolute atomic E-state index is 13.4. The first-order valence-corrected chi connectivity index (χ1v) is 13.4. The van der Waals surface area contributed by atoms with Crippen molar-refractivity contribution in [1.82, 2.24) is 9.88 Å². The number of hydrogen-bond donors (Lipinski definition) is 1. The van der Waals surface area contributed by atoms with Crippen LogP contribution in [0.5, 0.6) is 5.75 Å². The molecule has 1 aromatic heterocycles. The van der Waals surface area contributed by atoms with E-state index < -0.39 is 17.5 Å². The summed E-state index contributed by atoms with van der Waals surface area (Å²) in [4.78, 5) is 7.27. The number of aliphatic hydroxyl groups excluding tert-OH is 1. The van der Waals surface area contributed by atoms with Gasteiger partial charge in [-0.25, -0.2) is 13.2 Å². The van der Waals surface area contributed by atoms with Gasteiger partial charge in [0.15, 0.2) is 17.5 Å². The quantitative estimate of drug-likeness (QED) is 0.257. The maximum atomic E-state index is 13.4. The molecule has 8 heteroatoms. The van der Waals surface area contributed by atoms with Gasteiger partial charge in [0.05, 0.1) is 12.6 Å². The number of aromatic nitrogens is 1. The Morgan fingerprint density at radius 2 is 1.83 bits per heavy atom. The Labute approximate surface area is 214 Å². The second kappa shape index (κ2) is 11.8. The minimum absolute atomic E-state index is 0.0821. The largest absolute Gasteiger partial charge is 0.497 e. The summed E-state index contributed by atoms with van der Waals surface area (Å²) in [5.74, 6) is -2.25. The zero-order valence-corrected chi connectivity index (χ0v) is 21.6. The van der Waals surface area contributed by atoms with Gasteiger partial charge in [0.25, 0.3) is 0 Å². The fourth-order valence-electron chi connectivity index (χ4n) is 5.07. The van der Waals surface area contributed by atoms with Gasteiger partial charge in [0, 0.05) is 35.4 Å². The second-order valence-corrected chi connectivity index (χ2v) is 10.9. The minimum atomic E-state index is -1.43. The van der Waals surface area contributed by atoms with Crippen LogP contribution in [0.3, 0.4) is 0 Å². The van der Waals surface area contributed by atoms with E-state index in [0.29, 0.717) is 10.6 Å². The summed E-state index contributed by atoms with van der Waals surface area (Å²) in [6, 6.07) is 8.05. The van der Waals surface area contributed by atoms with Crippen molar-refractivity contribution < 1.29 is 23.0 Å². The van der Waals surface area contributed by atoms with Crippen LogP contribution in [0.1, 0.15) is 36.8 Å². The normalized spacial score (nSPS) is 15.9. The number of aliphatic hydroxyl groups is 1. The fourth-order valence-corrected chi connectivity index (χ4v) is 6.03. The van der Waals surface area contributed by atoms with Gasteiger partial charge in [-0.1, -0.05) is 0 Å². The highest BCUT2D eigenvalue weighted by Gasteiger charge is 2.33. The van der Waals surface area contributed by atoms with Crippen LogP contribution in [-0.4, -0.2) is 54.1 Å². The van der Waals surface area contributed by atoms with Crippen molar-refractivity contribution in [3.05, 3.63) is 65.1 Å². The lowest BCUT2D eigenvalue weighted by molar-refractivity contribution is 0.0378. The molecular formula is C28H33F3N2O2S. The number of methoxy groups -OCH3 is 1. The van der Waals surface area contributed by atoms with E-state index >= 15 is 0 Å². The second-order valence-electron chi connectivity index (χ2n) is 9.71. The number of likely N-dealkylation sites (tertiary alicyclic amines) is 1. The Morgan fingerprint density at radius 1 is 1.11 bits per heavy atom. The van der Waals surface area contributed by atoms with Crippen LogP contribution >= 0.6 is 11.8 Å². The lowest BCUT2D eigenvalue weighted by atomic mass is 9.75. The molecular weight excluding hydrogens is 485 g/mol. The van der Waals surface area contributed by atoms with Crippen molar-refractivity contribution in [3.63, 3.8) is 0 Å². The van der Waals surface area contributed by atoms with E-state index in [2.05, 4.69) is 22.9 Å². The third-order valence-corrected chi connectivity index (χ3v) is 8.38. The van der Waals surface area contributed by atoms with Crippen LogP contribution in [0.2, 0.25) is 0 Å². The Kier molecular flexibility index (Phi) is 8.80. The van der Waals surface area contributed by atoms with E-state index in [-0.39, 0.29) is 12.0 Å². The van der Waals surface area contributed by atoms with Crippen molar-refractivity contribution in [3.8, 4) is 5.75 Å². The van der Waals surface area contributed by atoms with Gasteiger partial charge < -0.3 is 14.7 Å². The molecule has 2 aromatic carbocycles. The third kappa shape index (κ3) is 6.15. The van der Waals surface area contributed by atoms with Crippen LogP contribution in [0.4, 0.5) is 13.2 Å². The van der Waals surface area contributed by atoms with Crippen molar-refractivity contribution in [1.29, 1.82) is 0 Å². The number of nitrogens with zero attached hydrogens (tertiary/aromatic N) is 2. The Hall–Kier alpha value is -2.29. The SMILES string of the molecule is COc1ccc2ncc(C)c(CCCC3(CO)CCN(CCSc4cc(F)c(F)c(F)c4)CC3)c2c1. The number of benzene rings is 2. The van der Waals surface area contributed by atoms with E-state index in [9.17, 15) is 18.3 Å². The summed E-state index contributed by atoms with van der Waals surface area (Å²) in [7, 11) is 1.67. The van der Waals surface area contributed by atoms with Gasteiger partial charge in [0.1, 0.15) is 5.75 Å². The van der Waals surface area contributed by atoms with Crippen LogP contribution in [0.25, 0.3) is 10.9 Å². The van der Waals surface area contributed by atoms with E-state index in [0.717, 1.165) is 80.5 Å². The summed E-state index contributed by atoms with van der Waals surface area (Å²) in [6.45, 7) is 4.79. The molecule has 3 aromatic rings. The highest BCUT2D eigenvalue weighted by Crippen LogP contribution is 2.37. The summed E-state index contributed by atoms with van der Waals surface area (Å²) < 4.78 is 45.4. The zero-order valence-electron chi connectivity index (χ0n) is 20.8. The molecule has 0 unspecified atom stereocenters. The Bertz CT molecular complexity index is 1180. The van der Waals surface area contributed by atoms with E-state index in [4.69, 9.17) is 4.74 Å². The molecule has 0 saturated carbocycles. The molecule has 36 heavy (non-hydrogen) atoms. The van der Waals surface area contributed by atoms with Crippen molar-refractivity contribution >= 4 is 22.7 Å². The number of ether oxygens (including phenoxy) is 1. The molecule has 0 bridgehead atoms. The van der Waals surface area contributed by atoms with Gasteiger partial charge >= 0.3 is 0 Å². The Morgan fingerprint density at radius 3 is 2.50 bits per heavy atom. The lowest BCUT2D eigenvalue weighted by Crippen LogP contribution is -2.42. The molecule has 0 amide bonds. The highest BCUT2D eigenvalue weighted by atomic mass is 32.2. The summed E-state index contributed by atoms with van der Waals surface area (Å²) >= 11 is 1.32. The first-order chi connectivity index (χ1) is 17.3. The molecule has 1 saturated heterocycles. The molecule has 0 spiro atoms. The maximum Gasteiger partial charge on any atom is 0.194 e. The van der Waals surface area contributed by atoms with Gasteiger partial charge in [-0.2, -0.15) is 0 Å². The average Bonchev–Trinajstić information content (AvgIpc) is 2.89. The van der Waals surface area contributed by atoms with Gasteiger partial charge in [0.2, 0.25) is 0 Å². The summed E-state index contributed by atoms with van der Waals surface area (Å²) in [5.41, 5.74) is 3.34. The molecule has 1 aliphatic rings. The third-order valence-electron chi connectivity index (χ3n) is 7.42. The topological polar surface area (TPSA) is 45.6 Å². The van der Waals surface area contributed by atoms with E-state index in [1.54, 1.807) is 7.11 Å². The van der Waals surface area contributed by atoms with Gasteiger partial charge in [-0.15, -0.1) is 11.8 Å². The summed E-state index contributed by atoms with van der Waals surface area (Å²) in [5, 5.41) is 11.4. The molecule has 1 aliphatic heterocycles. The first-order valence-electron chi connectivity index (χ1n) is 12.4. The van der Waals surface area contributed by atoms with E-state index in [1.807, 2.05) is 18.3 Å². The number of piperidine rings is 1. The number of hydrogen-bond acceptors (Lipinski definition) is 5. The number of pyridine rings is 1. The first kappa shape index (κ1) is 26.8. The number of thioether (sulfide) groups is 1. The van der Waals surface area contributed by atoms with Gasteiger partial charge in [-0.05, 0) is 99.0 Å². The average molecular weight is 519 g/mol. The molecule has 194 valence electrons. The highest BCUT2D eigenvalue weighted by molar-refractivity contribution is 7.99. The summed E-state index contributed by atoms with van der Waals surface area (Å²) in [6.07, 6.45) is 6.61. The molecule has 0 atom stereocenters. The molecule has 4 nitrogen and oxygen atoms in total.